The first-order valence-electron chi connectivity index (χ1n) is 1.77. The molecular formula is C4H3NNa2O3. The quantitative estimate of drug-likeness (QED) is 0.188. The molecule has 0 amide bonds. The van der Waals surface area contributed by atoms with Gasteiger partial charge < -0.3 is 20.4 Å². The van der Waals surface area contributed by atoms with Gasteiger partial charge in [-0.1, -0.05) is 6.08 Å². The van der Waals surface area contributed by atoms with Gasteiger partial charge in [0.1, 0.15) is 0 Å². The number of rotatable bonds is 2. The summed E-state index contributed by atoms with van der Waals surface area (Å²) in [6.45, 7) is 0. The van der Waals surface area contributed by atoms with Gasteiger partial charge in [0, 0.05) is 0 Å². The fourth-order valence-electron chi connectivity index (χ4n) is 0.144. The third-order valence-corrected chi connectivity index (χ3v) is 0.371. The number of carbonyl (C=O) groups is 1. The summed E-state index contributed by atoms with van der Waals surface area (Å²) in [6.07, 6.45) is 1.12. The Morgan fingerprint density at radius 1 is 1.20 bits per heavy atom. The summed E-state index contributed by atoms with van der Waals surface area (Å²) in [5, 5.41) is 25.3. The molecule has 1 N–H and O–H groups in total. The molecule has 44 valence electrons. The van der Waals surface area contributed by atoms with Crippen LogP contribution in [0.5, 0.6) is 0 Å². The molecule has 0 fully saturated rings. The first-order valence-corrected chi connectivity index (χ1v) is 1.77. The van der Waals surface area contributed by atoms with Gasteiger partial charge in [0.15, 0.2) is 0 Å². The standard InChI is InChI=1S/C4H5NO3.2Na/c5-3(6)1-2-4(7)8;;/h1-2H,(H2,5,6)(H,7,8);;/q;2*+1/p-2/b2-1-;;. The van der Waals surface area contributed by atoms with Gasteiger partial charge in [-0.2, -0.15) is 0 Å². The van der Waals surface area contributed by atoms with E-state index in [-0.39, 0.29) is 59.1 Å². The molecule has 0 atom stereocenters. The average Bonchev–Trinajstić information content (AvgIpc) is 1.61. The van der Waals surface area contributed by atoms with E-state index in [4.69, 9.17) is 5.41 Å². The van der Waals surface area contributed by atoms with E-state index in [9.17, 15) is 15.0 Å². The number of nitrogens with one attached hydrogen (secondary N) is 1. The Kier molecular flexibility index (Phi) is 16.4. The average molecular weight is 159 g/mol. The van der Waals surface area contributed by atoms with Crippen molar-refractivity contribution in [1.82, 2.24) is 0 Å². The Hall–Kier alpha value is 0.680. The largest absolute Gasteiger partial charge is 1.00 e. The zero-order valence-electron chi connectivity index (χ0n) is 5.88. The van der Waals surface area contributed by atoms with Crippen molar-refractivity contribution >= 4 is 11.9 Å². The Labute approximate surface area is 102 Å². The number of hydrogen-bond donors (Lipinski definition) is 1. The van der Waals surface area contributed by atoms with Crippen molar-refractivity contribution in [3.05, 3.63) is 12.2 Å². The van der Waals surface area contributed by atoms with Crippen molar-refractivity contribution in [3.8, 4) is 0 Å². The summed E-state index contributed by atoms with van der Waals surface area (Å²) in [5.74, 6) is -2.51. The molecule has 0 radical (unpaired) electrons. The van der Waals surface area contributed by atoms with Crippen LogP contribution in [0.3, 0.4) is 0 Å². The van der Waals surface area contributed by atoms with E-state index in [0.29, 0.717) is 12.2 Å². The second-order valence-corrected chi connectivity index (χ2v) is 1.02. The van der Waals surface area contributed by atoms with E-state index in [0.717, 1.165) is 0 Å². The van der Waals surface area contributed by atoms with E-state index in [1.54, 1.807) is 0 Å². The molecule has 10 heavy (non-hydrogen) atoms. The van der Waals surface area contributed by atoms with Gasteiger partial charge in [-0.05, 0) is 12.0 Å². The SMILES string of the molecule is N=C([O-])/C=C\C(=O)[O-].[Na+].[Na+]. The Bertz CT molecular complexity index is 129. The first-order chi connectivity index (χ1) is 3.63. The smallest absolute Gasteiger partial charge is 0.859 e. The monoisotopic (exact) mass is 159 g/mol. The number of hydrogen-bond acceptors (Lipinski definition) is 4. The molecule has 0 unspecified atom stereocenters. The van der Waals surface area contributed by atoms with E-state index in [1.807, 2.05) is 0 Å². The van der Waals surface area contributed by atoms with Gasteiger partial charge in [0.2, 0.25) is 0 Å². The van der Waals surface area contributed by atoms with Crippen LogP contribution in [0.2, 0.25) is 0 Å². The van der Waals surface area contributed by atoms with Crippen LogP contribution < -0.4 is 69.3 Å². The molecule has 0 rings (SSSR count). The van der Waals surface area contributed by atoms with Crippen molar-refractivity contribution in [2.24, 2.45) is 0 Å². The normalized spacial score (nSPS) is 7.60. The topological polar surface area (TPSA) is 87.0 Å². The Balaban J connectivity index is -0.000000245. The van der Waals surface area contributed by atoms with Crippen LogP contribution in [0.15, 0.2) is 12.2 Å². The Morgan fingerprint density at radius 3 is 1.70 bits per heavy atom. The zero-order valence-corrected chi connectivity index (χ0v) is 9.88. The van der Waals surface area contributed by atoms with Crippen LogP contribution in [0.1, 0.15) is 0 Å². The first kappa shape index (κ1) is 17.0. The molecule has 0 aromatic carbocycles. The van der Waals surface area contributed by atoms with Gasteiger partial charge in [0.25, 0.3) is 0 Å². The summed E-state index contributed by atoms with van der Waals surface area (Å²) in [7, 11) is 0. The van der Waals surface area contributed by atoms with Crippen LogP contribution in [-0.4, -0.2) is 11.9 Å². The van der Waals surface area contributed by atoms with E-state index in [2.05, 4.69) is 0 Å². The molecule has 6 heteroatoms. The van der Waals surface area contributed by atoms with Crippen LogP contribution >= 0.6 is 0 Å². The van der Waals surface area contributed by atoms with Gasteiger partial charge in [-0.3, -0.25) is 0 Å². The van der Waals surface area contributed by atoms with Crippen LogP contribution in [0.25, 0.3) is 0 Å². The van der Waals surface area contributed by atoms with Crippen LogP contribution in [-0.2, 0) is 4.79 Å². The van der Waals surface area contributed by atoms with Gasteiger partial charge >= 0.3 is 59.1 Å². The molecule has 0 aliphatic heterocycles. The number of carboxylic acid groups (broad SMARTS) is 1. The predicted octanol–water partition coefficient (Wildman–Crippen LogP) is -8.36. The zero-order chi connectivity index (χ0) is 6.57. The minimum absolute atomic E-state index is 0. The summed E-state index contributed by atoms with van der Waals surface area (Å²) in [5.41, 5.74) is 0. The van der Waals surface area contributed by atoms with Gasteiger partial charge in [-0.25, -0.2) is 0 Å². The number of aliphatic carboxylic acids is 1. The molecule has 0 aliphatic carbocycles. The molecule has 0 spiro atoms. The summed E-state index contributed by atoms with van der Waals surface area (Å²) in [6, 6.07) is 0. The van der Waals surface area contributed by atoms with Crippen molar-refractivity contribution in [1.29, 1.82) is 5.41 Å². The maximum absolute atomic E-state index is 9.64. The molecular weight excluding hydrogens is 156 g/mol. The molecule has 0 aromatic rings. The summed E-state index contributed by atoms with van der Waals surface area (Å²) in [4.78, 5) is 9.47. The maximum atomic E-state index is 9.64. The predicted molar refractivity (Wildman–Crippen MR) is 21.9 cm³/mol. The van der Waals surface area contributed by atoms with Crippen LogP contribution in [0.4, 0.5) is 0 Å². The molecule has 0 saturated heterocycles. The molecule has 0 saturated carbocycles. The van der Waals surface area contributed by atoms with Crippen molar-refractivity contribution in [3.63, 3.8) is 0 Å². The fourth-order valence-corrected chi connectivity index (χ4v) is 0.144. The number of carbonyl (C=O) groups excluding carboxylic acids is 1. The minimum Gasteiger partial charge on any atom is -0.859 e. The molecule has 4 nitrogen and oxygen atoms in total. The molecule has 0 bridgehead atoms. The second kappa shape index (κ2) is 9.68. The third kappa shape index (κ3) is 15.9. The summed E-state index contributed by atoms with van der Waals surface area (Å²) >= 11 is 0. The van der Waals surface area contributed by atoms with E-state index >= 15 is 0 Å². The summed E-state index contributed by atoms with van der Waals surface area (Å²) < 4.78 is 0. The van der Waals surface area contributed by atoms with Gasteiger partial charge in [0.05, 0.1) is 5.97 Å². The molecule has 0 heterocycles. The van der Waals surface area contributed by atoms with E-state index in [1.165, 1.54) is 0 Å². The van der Waals surface area contributed by atoms with Crippen LogP contribution in [0, 0.1) is 5.41 Å². The second-order valence-electron chi connectivity index (χ2n) is 1.02. The number of carboxylic acids is 1. The fraction of sp³-hybridized carbons (Fsp3) is 0. The molecule has 0 aromatic heterocycles. The van der Waals surface area contributed by atoms with Crippen molar-refractivity contribution in [2.45, 2.75) is 0 Å². The van der Waals surface area contributed by atoms with Gasteiger partial charge in [-0.15, -0.1) is 0 Å². The maximum Gasteiger partial charge on any atom is 1.00 e. The van der Waals surface area contributed by atoms with Crippen molar-refractivity contribution in [2.75, 3.05) is 0 Å². The van der Waals surface area contributed by atoms with E-state index < -0.39 is 11.9 Å². The Morgan fingerprint density at radius 2 is 1.60 bits per heavy atom. The third-order valence-electron chi connectivity index (χ3n) is 0.371. The minimum atomic E-state index is -1.47. The molecule has 0 aliphatic rings. The van der Waals surface area contributed by atoms with Crippen molar-refractivity contribution < 1.29 is 74.1 Å².